The summed E-state index contributed by atoms with van der Waals surface area (Å²) in [5.41, 5.74) is 2.22. The first-order valence-corrected chi connectivity index (χ1v) is 9.81. The molecular formula is C20H27NO2. The fourth-order valence-corrected chi connectivity index (χ4v) is 10.5. The van der Waals surface area contributed by atoms with E-state index in [1.807, 2.05) is 0 Å². The van der Waals surface area contributed by atoms with Gasteiger partial charge in [0, 0.05) is 30.0 Å². The summed E-state index contributed by atoms with van der Waals surface area (Å²) in [5.74, 6) is 2.35. The molecule has 9 fully saturated rings. The molecule has 2 spiro atoms. The predicted molar refractivity (Wildman–Crippen MR) is 85.5 cm³/mol. The first-order chi connectivity index (χ1) is 11.1. The van der Waals surface area contributed by atoms with E-state index in [0.717, 1.165) is 18.5 Å². The maximum atomic E-state index is 11.3. The minimum absolute atomic E-state index is 0.145. The van der Waals surface area contributed by atoms with E-state index in [-0.39, 0.29) is 11.5 Å². The Bertz CT molecular complexity index is 662. The number of fused-ring (bicyclic) bond motifs is 1. The number of hydrogen-bond donors (Lipinski definition) is 2. The van der Waals surface area contributed by atoms with E-state index in [2.05, 4.69) is 11.5 Å². The van der Waals surface area contributed by atoms with E-state index in [4.69, 9.17) is 0 Å². The van der Waals surface area contributed by atoms with Gasteiger partial charge in [0.2, 0.25) is 0 Å². The third kappa shape index (κ3) is 0.950. The number of nitrogens with zero attached hydrogens (tertiary/aromatic N) is 1. The normalized spacial score (nSPS) is 72.3. The van der Waals surface area contributed by atoms with Crippen molar-refractivity contribution in [3.8, 4) is 0 Å². The first kappa shape index (κ1) is 12.9. The standard InChI is InChI=1S/C20H27NO2/c1-10-6-19-7-13-15-18(9-22)3-2-4-20(15)16(19)14(23)11(10)5-12(19)17(20)21(13)8-18/h11-17,22-23H,1-9H2/t11?,12-,13-,14+,15-,16?,17-,18-,19+,20?/m1/s1. The topological polar surface area (TPSA) is 43.7 Å². The molecule has 23 heavy (non-hydrogen) atoms. The fourth-order valence-electron chi connectivity index (χ4n) is 10.5. The van der Waals surface area contributed by atoms with E-state index in [0.29, 0.717) is 41.2 Å². The van der Waals surface area contributed by atoms with Gasteiger partial charge in [-0.1, -0.05) is 18.6 Å². The smallest absolute Gasteiger partial charge is 0.0645 e. The molecule has 124 valence electrons. The number of rotatable bonds is 1. The Hall–Kier alpha value is -0.380. The maximum Gasteiger partial charge on any atom is 0.0645 e. The third-order valence-electron chi connectivity index (χ3n) is 10.3. The van der Waals surface area contributed by atoms with Gasteiger partial charge in [-0.15, -0.1) is 0 Å². The van der Waals surface area contributed by atoms with Crippen LogP contribution < -0.4 is 0 Å². The van der Waals surface area contributed by atoms with Crippen molar-refractivity contribution >= 4 is 0 Å². The lowest BCUT2D eigenvalue weighted by Crippen LogP contribution is -2.64. The minimum atomic E-state index is -0.145. The van der Waals surface area contributed by atoms with Crippen LogP contribution in [-0.4, -0.2) is 46.5 Å². The van der Waals surface area contributed by atoms with Crippen molar-refractivity contribution < 1.29 is 10.2 Å². The van der Waals surface area contributed by atoms with Crippen LogP contribution >= 0.6 is 0 Å². The molecule has 4 unspecified atom stereocenters. The minimum Gasteiger partial charge on any atom is -0.396 e. The molecule has 3 aliphatic heterocycles. The Balaban J connectivity index is 1.52. The third-order valence-corrected chi connectivity index (χ3v) is 10.3. The number of aliphatic hydroxyl groups is 2. The Morgan fingerprint density at radius 1 is 1.26 bits per heavy atom. The van der Waals surface area contributed by atoms with Crippen LogP contribution in [0, 0.1) is 39.9 Å². The van der Waals surface area contributed by atoms with Crippen molar-refractivity contribution in [3.05, 3.63) is 12.2 Å². The maximum absolute atomic E-state index is 11.3. The average molecular weight is 313 g/mol. The van der Waals surface area contributed by atoms with Crippen LogP contribution in [0.4, 0.5) is 0 Å². The second-order valence-corrected chi connectivity index (χ2v) is 10.3. The van der Waals surface area contributed by atoms with E-state index >= 15 is 0 Å². The summed E-state index contributed by atoms with van der Waals surface area (Å²) in [6, 6.07) is 1.43. The van der Waals surface area contributed by atoms with Gasteiger partial charge in [-0.3, -0.25) is 4.90 Å². The van der Waals surface area contributed by atoms with E-state index < -0.39 is 0 Å². The zero-order valence-electron chi connectivity index (χ0n) is 13.7. The highest BCUT2D eigenvalue weighted by atomic mass is 16.3. The number of hydrogen-bond acceptors (Lipinski definition) is 3. The second-order valence-electron chi connectivity index (χ2n) is 10.3. The number of piperidine rings is 2. The van der Waals surface area contributed by atoms with Gasteiger partial charge in [-0.2, -0.15) is 0 Å². The van der Waals surface area contributed by atoms with Crippen LogP contribution in [0.3, 0.4) is 0 Å². The molecule has 0 aromatic rings. The summed E-state index contributed by atoms with van der Waals surface area (Å²) in [6.45, 7) is 5.89. The largest absolute Gasteiger partial charge is 0.396 e. The molecule has 9 bridgehead atoms. The molecule has 9 aliphatic rings. The molecule has 0 aromatic heterocycles. The highest BCUT2D eigenvalue weighted by Gasteiger charge is 2.88. The van der Waals surface area contributed by atoms with Gasteiger partial charge in [0.05, 0.1) is 12.7 Å². The van der Waals surface area contributed by atoms with E-state index in [9.17, 15) is 10.2 Å². The van der Waals surface area contributed by atoms with Crippen molar-refractivity contribution in [2.24, 2.45) is 39.9 Å². The van der Waals surface area contributed by atoms with E-state index in [1.165, 1.54) is 44.1 Å². The summed E-state index contributed by atoms with van der Waals surface area (Å²) < 4.78 is 0. The zero-order valence-corrected chi connectivity index (χ0v) is 13.7. The average Bonchev–Trinajstić information content (AvgIpc) is 2.98. The lowest BCUT2D eigenvalue weighted by atomic mass is 9.40. The van der Waals surface area contributed by atoms with Crippen LogP contribution in [0.1, 0.15) is 38.5 Å². The summed E-state index contributed by atoms with van der Waals surface area (Å²) in [7, 11) is 0. The fraction of sp³-hybridized carbons (Fsp3) is 0.900. The van der Waals surface area contributed by atoms with Crippen molar-refractivity contribution in [1.29, 1.82) is 0 Å². The zero-order chi connectivity index (χ0) is 15.4. The van der Waals surface area contributed by atoms with Crippen molar-refractivity contribution in [2.45, 2.75) is 56.7 Å². The van der Waals surface area contributed by atoms with Crippen LogP contribution in [0.25, 0.3) is 0 Å². The monoisotopic (exact) mass is 313 g/mol. The molecule has 0 aromatic carbocycles. The van der Waals surface area contributed by atoms with Gasteiger partial charge < -0.3 is 10.2 Å². The van der Waals surface area contributed by atoms with Gasteiger partial charge in [0.1, 0.15) is 0 Å². The Kier molecular flexibility index (Phi) is 1.86. The highest BCUT2D eigenvalue weighted by Crippen LogP contribution is 2.87. The first-order valence-electron chi connectivity index (χ1n) is 9.81. The van der Waals surface area contributed by atoms with Crippen molar-refractivity contribution in [1.82, 2.24) is 4.90 Å². The second kappa shape index (κ2) is 3.32. The predicted octanol–water partition coefficient (Wildman–Crippen LogP) is 1.79. The van der Waals surface area contributed by atoms with Gasteiger partial charge in [-0.25, -0.2) is 0 Å². The van der Waals surface area contributed by atoms with Crippen molar-refractivity contribution in [3.63, 3.8) is 0 Å². The molecule has 0 amide bonds. The van der Waals surface area contributed by atoms with Crippen molar-refractivity contribution in [2.75, 3.05) is 13.2 Å². The summed E-state index contributed by atoms with van der Waals surface area (Å²) >= 11 is 0. The lowest BCUT2D eigenvalue weighted by molar-refractivity contribution is -0.180. The molecule has 6 saturated carbocycles. The highest BCUT2D eigenvalue weighted by molar-refractivity contribution is 5.41. The SMILES string of the molecule is C=C1C[C@]23C[C@@H]4[C@H]5C67CCC[C@]5(CO)CN4[C@@H]6[C@H]2CC1[C@H](O)C73. The number of aliphatic hydroxyl groups excluding tert-OH is 2. The Morgan fingerprint density at radius 3 is 2.96 bits per heavy atom. The molecule has 3 heteroatoms. The molecule has 9 rings (SSSR count). The van der Waals surface area contributed by atoms with Crippen LogP contribution in [0.2, 0.25) is 0 Å². The van der Waals surface area contributed by atoms with Gasteiger partial charge in [0.15, 0.2) is 0 Å². The van der Waals surface area contributed by atoms with Crippen LogP contribution in [0.5, 0.6) is 0 Å². The molecule has 6 aliphatic carbocycles. The summed E-state index contributed by atoms with van der Waals surface area (Å²) in [5, 5.41) is 21.7. The van der Waals surface area contributed by atoms with Gasteiger partial charge in [-0.05, 0) is 60.7 Å². The Morgan fingerprint density at radius 2 is 2.13 bits per heavy atom. The molecule has 11 atom stereocenters. The summed E-state index contributed by atoms with van der Waals surface area (Å²) in [6.07, 6.45) is 7.34. The van der Waals surface area contributed by atoms with E-state index in [1.54, 1.807) is 0 Å². The molecular weight excluding hydrogens is 286 g/mol. The van der Waals surface area contributed by atoms with Gasteiger partial charge in [0.25, 0.3) is 0 Å². The van der Waals surface area contributed by atoms with Crippen LogP contribution in [0.15, 0.2) is 12.2 Å². The molecule has 3 nitrogen and oxygen atoms in total. The lowest BCUT2D eigenvalue weighted by Gasteiger charge is -2.64. The van der Waals surface area contributed by atoms with Crippen LogP contribution in [-0.2, 0) is 0 Å². The quantitative estimate of drug-likeness (QED) is 0.726. The molecule has 2 N–H and O–H groups in total. The summed E-state index contributed by atoms with van der Waals surface area (Å²) in [4.78, 5) is 2.85. The Labute approximate surface area is 137 Å². The molecule has 3 heterocycles. The molecule has 3 saturated heterocycles. The van der Waals surface area contributed by atoms with Gasteiger partial charge >= 0.3 is 0 Å². The molecule has 0 radical (unpaired) electrons.